The highest BCUT2D eigenvalue weighted by molar-refractivity contribution is 7.00. The molecule has 0 radical (unpaired) electrons. The topological polar surface area (TPSA) is 63.6 Å². The van der Waals surface area contributed by atoms with Crippen LogP contribution in [0.25, 0.3) is 11.0 Å². The summed E-state index contributed by atoms with van der Waals surface area (Å²) < 4.78 is 10.0. The molecule has 0 saturated heterocycles. The zero-order chi connectivity index (χ0) is 11.0. The fraction of sp³-hybridized carbons (Fsp3) is 0.100. The second kappa shape index (κ2) is 3.57. The van der Waals surface area contributed by atoms with Crippen LogP contribution in [0.5, 0.6) is 0 Å². The van der Waals surface area contributed by atoms with Crippen LogP contribution in [0.3, 0.4) is 0 Å². The second-order valence-corrected chi connectivity index (χ2v) is 3.97. The molecule has 16 heavy (non-hydrogen) atoms. The summed E-state index contributed by atoms with van der Waals surface area (Å²) in [5.74, 6) is 0. The summed E-state index contributed by atoms with van der Waals surface area (Å²) in [6, 6.07) is 5.81. The van der Waals surface area contributed by atoms with Crippen LogP contribution in [0.15, 0.2) is 35.4 Å². The van der Waals surface area contributed by atoms with Gasteiger partial charge in [-0.1, -0.05) is 12.1 Å². The summed E-state index contributed by atoms with van der Waals surface area (Å²) in [6.07, 6.45) is 3.35. The van der Waals surface area contributed by atoms with Crippen LogP contribution in [0.4, 0.5) is 0 Å². The predicted molar refractivity (Wildman–Crippen MR) is 61.6 cm³/mol. The minimum Gasteiger partial charge on any atom is -0.313 e. The van der Waals surface area contributed by atoms with Crippen molar-refractivity contribution in [3.8, 4) is 0 Å². The van der Waals surface area contributed by atoms with Crippen LogP contribution in [-0.4, -0.2) is 18.3 Å². The number of nitrogens with one attached hydrogen (secondary N) is 1. The molecule has 0 atom stereocenters. The number of fused-ring (bicyclic) bond motifs is 1. The Morgan fingerprint density at radius 1 is 1.38 bits per heavy atom. The van der Waals surface area contributed by atoms with Crippen molar-refractivity contribution in [3.63, 3.8) is 0 Å². The molecule has 0 aliphatic heterocycles. The summed E-state index contributed by atoms with van der Waals surface area (Å²) >= 11 is 1.19. The normalized spacial score (nSPS) is 11.0. The second-order valence-electron chi connectivity index (χ2n) is 3.44. The van der Waals surface area contributed by atoms with Gasteiger partial charge in [0.1, 0.15) is 11.0 Å². The molecule has 0 amide bonds. The standard InChI is InChI=1S/C10H8N4OS/c15-10-11-4-5-14(10)6-7-2-1-3-8-9(7)13-16-12-8/h1-5H,6H2,(H,11,15). The van der Waals surface area contributed by atoms with Crippen molar-refractivity contribution in [1.29, 1.82) is 0 Å². The number of hydrogen-bond donors (Lipinski definition) is 1. The van der Waals surface area contributed by atoms with E-state index >= 15 is 0 Å². The number of H-pyrrole nitrogens is 1. The van der Waals surface area contributed by atoms with E-state index in [0.717, 1.165) is 16.6 Å². The Bertz CT molecular complexity index is 681. The van der Waals surface area contributed by atoms with Gasteiger partial charge in [0.15, 0.2) is 0 Å². The number of nitrogens with zero attached hydrogens (tertiary/aromatic N) is 3. The van der Waals surface area contributed by atoms with E-state index in [0.29, 0.717) is 6.54 Å². The van der Waals surface area contributed by atoms with Crippen LogP contribution < -0.4 is 5.69 Å². The van der Waals surface area contributed by atoms with Gasteiger partial charge in [-0.05, 0) is 6.07 Å². The molecule has 0 spiro atoms. The number of aromatic amines is 1. The van der Waals surface area contributed by atoms with Crippen LogP contribution >= 0.6 is 11.7 Å². The molecule has 3 rings (SSSR count). The van der Waals surface area contributed by atoms with E-state index in [-0.39, 0.29) is 5.69 Å². The lowest BCUT2D eigenvalue weighted by atomic mass is 10.2. The molecule has 1 N–H and O–H groups in total. The molecule has 80 valence electrons. The van der Waals surface area contributed by atoms with Gasteiger partial charge in [-0.2, -0.15) is 8.75 Å². The highest BCUT2D eigenvalue weighted by Gasteiger charge is 2.06. The SMILES string of the molecule is O=c1[nH]ccn1Cc1cccc2nsnc12. The Hall–Kier alpha value is -1.95. The maximum Gasteiger partial charge on any atom is 0.325 e. The first-order chi connectivity index (χ1) is 7.84. The third kappa shape index (κ3) is 1.43. The molecule has 6 heteroatoms. The van der Waals surface area contributed by atoms with Crippen molar-refractivity contribution in [2.75, 3.05) is 0 Å². The lowest BCUT2D eigenvalue weighted by molar-refractivity contribution is 0.765. The van der Waals surface area contributed by atoms with Crippen LogP contribution in [0.1, 0.15) is 5.56 Å². The Balaban J connectivity index is 2.10. The highest BCUT2D eigenvalue weighted by atomic mass is 32.1. The van der Waals surface area contributed by atoms with Crippen molar-refractivity contribution in [2.45, 2.75) is 6.54 Å². The van der Waals surface area contributed by atoms with Gasteiger partial charge >= 0.3 is 5.69 Å². The molecule has 2 heterocycles. The quantitative estimate of drug-likeness (QED) is 0.722. The predicted octanol–water partition coefficient (Wildman–Crippen LogP) is 1.23. The van der Waals surface area contributed by atoms with Gasteiger partial charge in [0.2, 0.25) is 0 Å². The van der Waals surface area contributed by atoms with Gasteiger partial charge in [0, 0.05) is 18.0 Å². The first kappa shape index (κ1) is 9.29. The maximum absolute atomic E-state index is 11.4. The Kier molecular flexibility index (Phi) is 2.07. The molecular formula is C10H8N4OS. The van der Waals surface area contributed by atoms with E-state index in [1.54, 1.807) is 17.0 Å². The molecule has 0 saturated carbocycles. The van der Waals surface area contributed by atoms with Gasteiger partial charge in [-0.25, -0.2) is 4.79 Å². The number of aromatic nitrogens is 4. The highest BCUT2D eigenvalue weighted by Crippen LogP contribution is 2.16. The van der Waals surface area contributed by atoms with Gasteiger partial charge in [-0.3, -0.25) is 4.57 Å². The number of rotatable bonds is 2. The van der Waals surface area contributed by atoms with Crippen molar-refractivity contribution in [1.82, 2.24) is 18.3 Å². The van der Waals surface area contributed by atoms with Crippen LogP contribution in [0, 0.1) is 0 Å². The molecular weight excluding hydrogens is 224 g/mol. The van der Waals surface area contributed by atoms with E-state index < -0.39 is 0 Å². The minimum atomic E-state index is -0.111. The van der Waals surface area contributed by atoms with Gasteiger partial charge in [0.25, 0.3) is 0 Å². The summed E-state index contributed by atoms with van der Waals surface area (Å²) in [4.78, 5) is 14.0. The van der Waals surface area contributed by atoms with Crippen molar-refractivity contribution in [3.05, 3.63) is 46.6 Å². The zero-order valence-electron chi connectivity index (χ0n) is 8.25. The number of imidazole rings is 1. The molecule has 0 fully saturated rings. The van der Waals surface area contributed by atoms with Crippen molar-refractivity contribution in [2.24, 2.45) is 0 Å². The largest absolute Gasteiger partial charge is 0.325 e. The monoisotopic (exact) mass is 232 g/mol. The molecule has 5 nitrogen and oxygen atoms in total. The summed E-state index contributed by atoms with van der Waals surface area (Å²) in [5.41, 5.74) is 2.65. The molecule has 3 aromatic rings. The van der Waals surface area contributed by atoms with Crippen LogP contribution in [0.2, 0.25) is 0 Å². The Labute approximate surface area is 94.7 Å². The number of hydrogen-bond acceptors (Lipinski definition) is 4. The van der Waals surface area contributed by atoms with Gasteiger partial charge in [0.05, 0.1) is 18.3 Å². The minimum absolute atomic E-state index is 0.111. The third-order valence-corrected chi connectivity index (χ3v) is 2.97. The van der Waals surface area contributed by atoms with Gasteiger partial charge < -0.3 is 4.98 Å². The average molecular weight is 232 g/mol. The molecule has 0 unspecified atom stereocenters. The lowest BCUT2D eigenvalue weighted by Gasteiger charge is -2.01. The maximum atomic E-state index is 11.4. The molecule has 0 aliphatic rings. The third-order valence-electron chi connectivity index (χ3n) is 2.43. The molecule has 1 aromatic carbocycles. The zero-order valence-corrected chi connectivity index (χ0v) is 9.07. The summed E-state index contributed by atoms with van der Waals surface area (Å²) in [5, 5.41) is 0. The molecule has 0 aliphatic carbocycles. The first-order valence-corrected chi connectivity index (χ1v) is 5.51. The molecule has 2 aromatic heterocycles. The lowest BCUT2D eigenvalue weighted by Crippen LogP contribution is -2.16. The molecule has 0 bridgehead atoms. The smallest absolute Gasteiger partial charge is 0.313 e. The fourth-order valence-electron chi connectivity index (χ4n) is 1.65. The Morgan fingerprint density at radius 3 is 3.12 bits per heavy atom. The van der Waals surface area contributed by atoms with E-state index in [4.69, 9.17) is 0 Å². The van der Waals surface area contributed by atoms with Crippen LogP contribution in [-0.2, 0) is 6.54 Å². The van der Waals surface area contributed by atoms with Gasteiger partial charge in [-0.15, -0.1) is 0 Å². The van der Waals surface area contributed by atoms with E-state index in [2.05, 4.69) is 13.7 Å². The Morgan fingerprint density at radius 2 is 2.31 bits per heavy atom. The summed E-state index contributed by atoms with van der Waals surface area (Å²) in [7, 11) is 0. The van der Waals surface area contributed by atoms with E-state index in [9.17, 15) is 4.79 Å². The average Bonchev–Trinajstić information content (AvgIpc) is 2.89. The first-order valence-electron chi connectivity index (χ1n) is 4.78. The van der Waals surface area contributed by atoms with E-state index in [1.807, 2.05) is 18.2 Å². The fourth-order valence-corrected chi connectivity index (χ4v) is 2.22. The van der Waals surface area contributed by atoms with Crippen molar-refractivity contribution >= 4 is 22.8 Å². The van der Waals surface area contributed by atoms with Crippen molar-refractivity contribution < 1.29 is 0 Å². The summed E-state index contributed by atoms with van der Waals surface area (Å²) in [6.45, 7) is 0.519. The van der Waals surface area contributed by atoms with E-state index in [1.165, 1.54) is 11.7 Å². The number of benzene rings is 1.